The number of aliphatic hydroxyl groups is 1. The average molecular weight is 357 g/mol. The van der Waals surface area contributed by atoms with E-state index in [-0.39, 0.29) is 12.7 Å². The second kappa shape index (κ2) is 22.0. The summed E-state index contributed by atoms with van der Waals surface area (Å²) in [6.45, 7) is 5.51. The standard InChI is InChI=1S/C23H48O2/c1-3-5-7-8-9-10-11-12-13-14-15-16-17-19-21-25-23(22-24)20-18-6-4-2/h23-24H,3-22H2,1-2H3. The predicted molar refractivity (Wildman–Crippen MR) is 111 cm³/mol. The fourth-order valence-electron chi connectivity index (χ4n) is 3.40. The number of ether oxygens (including phenoxy) is 1. The largest absolute Gasteiger partial charge is 0.394 e. The Hall–Kier alpha value is -0.0800. The molecule has 0 saturated carbocycles. The van der Waals surface area contributed by atoms with Crippen LogP contribution in [0.2, 0.25) is 0 Å². The van der Waals surface area contributed by atoms with Crippen molar-refractivity contribution in [3.63, 3.8) is 0 Å². The van der Waals surface area contributed by atoms with Gasteiger partial charge in [-0.1, -0.05) is 117 Å². The van der Waals surface area contributed by atoms with Gasteiger partial charge in [-0.15, -0.1) is 0 Å². The maximum Gasteiger partial charge on any atom is 0.0805 e. The van der Waals surface area contributed by atoms with E-state index in [1.807, 2.05) is 0 Å². The van der Waals surface area contributed by atoms with E-state index in [1.165, 1.54) is 103 Å². The first-order chi connectivity index (χ1) is 12.3. The Labute approximate surface area is 159 Å². The van der Waals surface area contributed by atoms with Crippen LogP contribution in [0.5, 0.6) is 0 Å². The minimum Gasteiger partial charge on any atom is -0.394 e. The zero-order chi connectivity index (χ0) is 18.4. The Morgan fingerprint density at radius 3 is 1.40 bits per heavy atom. The minimum absolute atomic E-state index is 0.0773. The third-order valence-corrected chi connectivity index (χ3v) is 5.18. The molecule has 0 aromatic rings. The van der Waals surface area contributed by atoms with Gasteiger partial charge in [0.05, 0.1) is 12.7 Å². The number of rotatable bonds is 21. The summed E-state index contributed by atoms with van der Waals surface area (Å²) >= 11 is 0. The van der Waals surface area contributed by atoms with Gasteiger partial charge in [0.25, 0.3) is 0 Å². The Morgan fingerprint density at radius 1 is 0.560 bits per heavy atom. The van der Waals surface area contributed by atoms with Gasteiger partial charge in [0.15, 0.2) is 0 Å². The molecular formula is C23H48O2. The van der Waals surface area contributed by atoms with Crippen LogP contribution in [-0.2, 0) is 4.74 Å². The zero-order valence-corrected chi connectivity index (χ0v) is 17.6. The summed E-state index contributed by atoms with van der Waals surface area (Å²) in [5.74, 6) is 0. The maximum absolute atomic E-state index is 9.32. The molecule has 2 nitrogen and oxygen atoms in total. The number of aliphatic hydroxyl groups excluding tert-OH is 1. The van der Waals surface area contributed by atoms with Crippen molar-refractivity contribution in [3.05, 3.63) is 0 Å². The summed E-state index contributed by atoms with van der Waals surface area (Å²) in [7, 11) is 0. The molecule has 0 rings (SSSR count). The highest BCUT2D eigenvalue weighted by atomic mass is 16.5. The van der Waals surface area contributed by atoms with Gasteiger partial charge in [-0.25, -0.2) is 0 Å². The van der Waals surface area contributed by atoms with Crippen LogP contribution in [0.15, 0.2) is 0 Å². The van der Waals surface area contributed by atoms with Gasteiger partial charge in [0.1, 0.15) is 0 Å². The summed E-state index contributed by atoms with van der Waals surface area (Å²) in [6.07, 6.45) is 24.2. The lowest BCUT2D eigenvalue weighted by molar-refractivity contribution is 0.00504. The smallest absolute Gasteiger partial charge is 0.0805 e. The molecule has 0 heterocycles. The first-order valence-corrected chi connectivity index (χ1v) is 11.6. The molecule has 0 bridgehead atoms. The van der Waals surface area contributed by atoms with Crippen LogP contribution < -0.4 is 0 Å². The van der Waals surface area contributed by atoms with Crippen molar-refractivity contribution >= 4 is 0 Å². The fourth-order valence-corrected chi connectivity index (χ4v) is 3.40. The van der Waals surface area contributed by atoms with Crippen molar-refractivity contribution in [2.75, 3.05) is 13.2 Å². The summed E-state index contributed by atoms with van der Waals surface area (Å²) in [5, 5.41) is 9.32. The van der Waals surface area contributed by atoms with Crippen molar-refractivity contribution in [2.24, 2.45) is 0 Å². The highest BCUT2D eigenvalue weighted by Gasteiger charge is 2.06. The second-order valence-corrected chi connectivity index (χ2v) is 7.77. The van der Waals surface area contributed by atoms with Gasteiger partial charge >= 0.3 is 0 Å². The quantitative estimate of drug-likeness (QED) is 0.217. The molecule has 0 radical (unpaired) electrons. The van der Waals surface area contributed by atoms with Gasteiger partial charge < -0.3 is 9.84 Å². The van der Waals surface area contributed by atoms with Gasteiger partial charge in [0.2, 0.25) is 0 Å². The highest BCUT2D eigenvalue weighted by Crippen LogP contribution is 2.13. The molecule has 0 fully saturated rings. The van der Waals surface area contributed by atoms with Crippen LogP contribution in [0.1, 0.15) is 129 Å². The summed E-state index contributed by atoms with van der Waals surface area (Å²) < 4.78 is 5.79. The Kier molecular flexibility index (Phi) is 21.9. The van der Waals surface area contributed by atoms with Crippen LogP contribution in [0, 0.1) is 0 Å². The van der Waals surface area contributed by atoms with E-state index in [4.69, 9.17) is 4.74 Å². The molecule has 152 valence electrons. The van der Waals surface area contributed by atoms with E-state index in [9.17, 15) is 5.11 Å². The van der Waals surface area contributed by atoms with Crippen molar-refractivity contribution < 1.29 is 9.84 Å². The van der Waals surface area contributed by atoms with Gasteiger partial charge in [-0.2, -0.15) is 0 Å². The summed E-state index contributed by atoms with van der Waals surface area (Å²) in [5.41, 5.74) is 0. The lowest BCUT2D eigenvalue weighted by atomic mass is 10.0. The van der Waals surface area contributed by atoms with E-state index in [2.05, 4.69) is 13.8 Å². The molecule has 0 saturated heterocycles. The maximum atomic E-state index is 9.32. The lowest BCUT2D eigenvalue weighted by Gasteiger charge is -2.15. The molecule has 0 aromatic carbocycles. The van der Waals surface area contributed by atoms with Crippen LogP contribution in [0.25, 0.3) is 0 Å². The monoisotopic (exact) mass is 356 g/mol. The molecule has 1 unspecified atom stereocenters. The van der Waals surface area contributed by atoms with Crippen LogP contribution in [0.4, 0.5) is 0 Å². The molecule has 2 heteroatoms. The normalized spacial score (nSPS) is 12.6. The summed E-state index contributed by atoms with van der Waals surface area (Å²) in [6, 6.07) is 0. The molecule has 1 atom stereocenters. The molecule has 0 spiro atoms. The Balaban J connectivity index is 3.15. The molecule has 25 heavy (non-hydrogen) atoms. The van der Waals surface area contributed by atoms with Crippen LogP contribution in [0.3, 0.4) is 0 Å². The third-order valence-electron chi connectivity index (χ3n) is 5.18. The minimum atomic E-state index is 0.0773. The van der Waals surface area contributed by atoms with Gasteiger partial charge in [-0.3, -0.25) is 0 Å². The molecule has 0 amide bonds. The number of hydrogen-bond acceptors (Lipinski definition) is 2. The first-order valence-electron chi connectivity index (χ1n) is 11.6. The third kappa shape index (κ3) is 20.1. The molecular weight excluding hydrogens is 308 g/mol. The fraction of sp³-hybridized carbons (Fsp3) is 1.00. The number of hydrogen-bond donors (Lipinski definition) is 1. The van der Waals surface area contributed by atoms with Gasteiger partial charge in [-0.05, 0) is 12.8 Å². The average Bonchev–Trinajstić information content (AvgIpc) is 2.63. The lowest BCUT2D eigenvalue weighted by Crippen LogP contribution is -2.18. The molecule has 0 aliphatic rings. The Bertz CT molecular complexity index is 230. The second-order valence-electron chi connectivity index (χ2n) is 7.77. The SMILES string of the molecule is CCCCCCCCCCCCCCCCOC(CO)CCCCC. The molecule has 0 aliphatic carbocycles. The topological polar surface area (TPSA) is 29.5 Å². The Morgan fingerprint density at radius 2 is 0.960 bits per heavy atom. The first kappa shape index (κ1) is 24.9. The van der Waals surface area contributed by atoms with Crippen LogP contribution in [-0.4, -0.2) is 24.4 Å². The molecule has 0 aliphatic heterocycles. The zero-order valence-electron chi connectivity index (χ0n) is 17.6. The van der Waals surface area contributed by atoms with Crippen molar-refractivity contribution in [3.8, 4) is 0 Å². The highest BCUT2D eigenvalue weighted by molar-refractivity contribution is 4.56. The van der Waals surface area contributed by atoms with E-state index >= 15 is 0 Å². The molecule has 1 N–H and O–H groups in total. The summed E-state index contributed by atoms with van der Waals surface area (Å²) in [4.78, 5) is 0. The predicted octanol–water partition coefficient (Wildman–Crippen LogP) is 7.43. The number of unbranched alkanes of at least 4 members (excludes halogenated alkanes) is 15. The van der Waals surface area contributed by atoms with Crippen molar-refractivity contribution in [1.82, 2.24) is 0 Å². The van der Waals surface area contributed by atoms with E-state index in [0.717, 1.165) is 19.4 Å². The van der Waals surface area contributed by atoms with E-state index < -0.39 is 0 Å². The van der Waals surface area contributed by atoms with Crippen molar-refractivity contribution in [1.29, 1.82) is 0 Å². The van der Waals surface area contributed by atoms with E-state index in [0.29, 0.717) is 0 Å². The van der Waals surface area contributed by atoms with Crippen molar-refractivity contribution in [2.45, 2.75) is 136 Å². The molecule has 0 aromatic heterocycles. The van der Waals surface area contributed by atoms with Gasteiger partial charge in [0, 0.05) is 6.61 Å². The van der Waals surface area contributed by atoms with Crippen LogP contribution >= 0.6 is 0 Å². The van der Waals surface area contributed by atoms with E-state index in [1.54, 1.807) is 0 Å².